The SMILES string of the molecule is Cn1c(CNc2cc(Cl)cc3c2OCC3)nnc1-c1ccccc1. The van der Waals surface area contributed by atoms with Crippen molar-refractivity contribution in [3.8, 4) is 17.1 Å². The van der Waals surface area contributed by atoms with Gasteiger partial charge in [-0.3, -0.25) is 0 Å². The van der Waals surface area contributed by atoms with Gasteiger partial charge in [0.15, 0.2) is 11.6 Å². The van der Waals surface area contributed by atoms with Crippen molar-refractivity contribution in [2.75, 3.05) is 11.9 Å². The summed E-state index contributed by atoms with van der Waals surface area (Å²) in [5, 5.41) is 12.7. The molecule has 24 heavy (non-hydrogen) atoms. The molecule has 6 heteroatoms. The lowest BCUT2D eigenvalue weighted by Gasteiger charge is -2.11. The number of benzene rings is 2. The molecule has 0 saturated heterocycles. The Morgan fingerprint density at radius 2 is 2.04 bits per heavy atom. The van der Waals surface area contributed by atoms with Crippen LogP contribution in [0, 0.1) is 0 Å². The molecule has 0 atom stereocenters. The van der Waals surface area contributed by atoms with E-state index in [9.17, 15) is 0 Å². The van der Waals surface area contributed by atoms with Crippen molar-refractivity contribution in [2.45, 2.75) is 13.0 Å². The lowest BCUT2D eigenvalue weighted by atomic mass is 10.1. The Hall–Kier alpha value is -2.53. The lowest BCUT2D eigenvalue weighted by Crippen LogP contribution is -2.07. The van der Waals surface area contributed by atoms with Crippen molar-refractivity contribution in [3.63, 3.8) is 0 Å². The molecule has 0 unspecified atom stereocenters. The van der Waals surface area contributed by atoms with Crippen LogP contribution in [0.5, 0.6) is 5.75 Å². The summed E-state index contributed by atoms with van der Waals surface area (Å²) in [5.74, 6) is 2.59. The van der Waals surface area contributed by atoms with Crippen LogP contribution in [0.1, 0.15) is 11.4 Å². The highest BCUT2D eigenvalue weighted by molar-refractivity contribution is 6.31. The molecule has 0 saturated carbocycles. The average molecular weight is 341 g/mol. The Morgan fingerprint density at radius 3 is 2.88 bits per heavy atom. The van der Waals surface area contributed by atoms with Gasteiger partial charge in [-0.1, -0.05) is 41.9 Å². The highest BCUT2D eigenvalue weighted by atomic mass is 35.5. The van der Waals surface area contributed by atoms with Gasteiger partial charge in [-0.25, -0.2) is 0 Å². The smallest absolute Gasteiger partial charge is 0.163 e. The van der Waals surface area contributed by atoms with Gasteiger partial charge >= 0.3 is 0 Å². The van der Waals surface area contributed by atoms with E-state index in [-0.39, 0.29) is 0 Å². The van der Waals surface area contributed by atoms with Crippen LogP contribution in [0.2, 0.25) is 5.02 Å². The van der Waals surface area contributed by atoms with Crippen molar-refractivity contribution < 1.29 is 4.74 Å². The van der Waals surface area contributed by atoms with Crippen molar-refractivity contribution in [2.24, 2.45) is 7.05 Å². The Morgan fingerprint density at radius 1 is 1.21 bits per heavy atom. The fraction of sp³-hybridized carbons (Fsp3) is 0.222. The molecular formula is C18H17ClN4O. The summed E-state index contributed by atoms with van der Waals surface area (Å²) in [4.78, 5) is 0. The van der Waals surface area contributed by atoms with E-state index in [4.69, 9.17) is 16.3 Å². The first kappa shape index (κ1) is 15.0. The van der Waals surface area contributed by atoms with Crippen molar-refractivity contribution >= 4 is 17.3 Å². The first-order valence-corrected chi connectivity index (χ1v) is 8.23. The van der Waals surface area contributed by atoms with Gasteiger partial charge in [-0.2, -0.15) is 0 Å². The maximum atomic E-state index is 6.20. The van der Waals surface area contributed by atoms with Crippen LogP contribution in [0.3, 0.4) is 0 Å². The number of ether oxygens (including phenoxy) is 1. The summed E-state index contributed by atoms with van der Waals surface area (Å²) in [6.07, 6.45) is 0.896. The number of halogens is 1. The summed E-state index contributed by atoms with van der Waals surface area (Å²) in [6.45, 7) is 1.25. The number of hydrogen-bond acceptors (Lipinski definition) is 4. The highest BCUT2D eigenvalue weighted by Gasteiger charge is 2.18. The third-order valence-electron chi connectivity index (χ3n) is 4.18. The van der Waals surface area contributed by atoms with Gasteiger partial charge in [0.05, 0.1) is 18.8 Å². The number of anilines is 1. The molecule has 1 aliphatic heterocycles. The minimum Gasteiger partial charge on any atom is -0.491 e. The molecule has 0 radical (unpaired) electrons. The van der Waals surface area contributed by atoms with Gasteiger partial charge in [0.2, 0.25) is 0 Å². The highest BCUT2D eigenvalue weighted by Crippen LogP contribution is 2.36. The molecule has 5 nitrogen and oxygen atoms in total. The van der Waals surface area contributed by atoms with E-state index >= 15 is 0 Å². The minimum absolute atomic E-state index is 0.548. The van der Waals surface area contributed by atoms with Gasteiger partial charge in [0.25, 0.3) is 0 Å². The molecule has 2 heterocycles. The largest absolute Gasteiger partial charge is 0.491 e. The van der Waals surface area contributed by atoms with Crippen LogP contribution in [0.4, 0.5) is 5.69 Å². The van der Waals surface area contributed by atoms with Crippen LogP contribution in [-0.2, 0) is 20.0 Å². The molecular weight excluding hydrogens is 324 g/mol. The van der Waals surface area contributed by atoms with Crippen LogP contribution in [0.25, 0.3) is 11.4 Å². The Labute approximate surface area is 145 Å². The van der Waals surface area contributed by atoms with Gasteiger partial charge in [-0.15, -0.1) is 10.2 Å². The van der Waals surface area contributed by atoms with Crippen molar-refractivity contribution in [1.82, 2.24) is 14.8 Å². The van der Waals surface area contributed by atoms with Crippen LogP contribution < -0.4 is 10.1 Å². The van der Waals surface area contributed by atoms with E-state index < -0.39 is 0 Å². The fourth-order valence-corrected chi connectivity index (χ4v) is 3.17. The third-order valence-corrected chi connectivity index (χ3v) is 4.40. The molecule has 0 fully saturated rings. The zero-order chi connectivity index (χ0) is 16.5. The molecule has 0 amide bonds. The molecule has 4 rings (SSSR count). The van der Waals surface area contributed by atoms with Gasteiger partial charge in [0, 0.05) is 29.6 Å². The maximum absolute atomic E-state index is 6.20. The predicted molar refractivity (Wildman–Crippen MR) is 94.4 cm³/mol. The Bertz CT molecular complexity index is 876. The summed E-state index contributed by atoms with van der Waals surface area (Å²) in [5.41, 5.74) is 3.10. The van der Waals surface area contributed by atoms with Gasteiger partial charge < -0.3 is 14.6 Å². The molecule has 1 aromatic heterocycles. The quantitative estimate of drug-likeness (QED) is 0.787. The second kappa shape index (κ2) is 6.17. The Kier molecular flexibility index (Phi) is 3.86. The number of fused-ring (bicyclic) bond motifs is 1. The number of nitrogens with one attached hydrogen (secondary N) is 1. The zero-order valence-corrected chi connectivity index (χ0v) is 14.0. The van der Waals surface area contributed by atoms with Gasteiger partial charge in [-0.05, 0) is 12.1 Å². The first-order valence-electron chi connectivity index (χ1n) is 7.85. The molecule has 122 valence electrons. The molecule has 0 spiro atoms. The van der Waals surface area contributed by atoms with E-state index in [1.54, 1.807) is 0 Å². The molecule has 1 aliphatic rings. The van der Waals surface area contributed by atoms with Crippen LogP contribution in [-0.4, -0.2) is 21.4 Å². The Balaban J connectivity index is 1.57. The average Bonchev–Trinajstić information content (AvgIpc) is 3.20. The number of hydrogen-bond donors (Lipinski definition) is 1. The third kappa shape index (κ3) is 2.71. The molecule has 0 bridgehead atoms. The summed E-state index contributed by atoms with van der Waals surface area (Å²) >= 11 is 6.20. The lowest BCUT2D eigenvalue weighted by molar-refractivity contribution is 0.358. The number of rotatable bonds is 4. The summed E-state index contributed by atoms with van der Waals surface area (Å²) in [7, 11) is 1.97. The standard InChI is InChI=1S/C18H17ClN4O/c1-23-16(21-22-18(23)12-5-3-2-4-6-12)11-20-15-10-14(19)9-13-7-8-24-17(13)15/h2-6,9-10,20H,7-8,11H2,1H3. The number of aromatic nitrogens is 3. The molecule has 1 N–H and O–H groups in total. The normalized spacial score (nSPS) is 12.8. The van der Waals surface area contributed by atoms with Crippen molar-refractivity contribution in [3.05, 3.63) is 58.9 Å². The van der Waals surface area contributed by atoms with Crippen molar-refractivity contribution in [1.29, 1.82) is 0 Å². The van der Waals surface area contributed by atoms with E-state index in [2.05, 4.69) is 15.5 Å². The number of nitrogens with zero attached hydrogens (tertiary/aromatic N) is 3. The molecule has 3 aromatic rings. The summed E-state index contributed by atoms with van der Waals surface area (Å²) < 4.78 is 7.71. The fourth-order valence-electron chi connectivity index (χ4n) is 2.93. The van der Waals surface area contributed by atoms with E-state index in [0.29, 0.717) is 18.2 Å². The second-order valence-corrected chi connectivity index (χ2v) is 6.19. The summed E-state index contributed by atoms with van der Waals surface area (Å²) in [6, 6.07) is 13.9. The van der Waals surface area contributed by atoms with E-state index in [0.717, 1.165) is 40.6 Å². The van der Waals surface area contributed by atoms with E-state index in [1.807, 2.05) is 54.1 Å². The second-order valence-electron chi connectivity index (χ2n) is 5.76. The molecule has 0 aliphatic carbocycles. The maximum Gasteiger partial charge on any atom is 0.163 e. The zero-order valence-electron chi connectivity index (χ0n) is 13.3. The predicted octanol–water partition coefficient (Wildman–Crippen LogP) is 3.68. The monoisotopic (exact) mass is 340 g/mol. The van der Waals surface area contributed by atoms with E-state index in [1.165, 1.54) is 0 Å². The minimum atomic E-state index is 0.548. The first-order chi connectivity index (χ1) is 11.7. The van der Waals surface area contributed by atoms with Gasteiger partial charge in [0.1, 0.15) is 5.75 Å². The van der Waals surface area contributed by atoms with Crippen LogP contribution in [0.15, 0.2) is 42.5 Å². The molecule has 2 aromatic carbocycles. The topological polar surface area (TPSA) is 52.0 Å². The van der Waals surface area contributed by atoms with Crippen LogP contribution >= 0.6 is 11.6 Å².